The Labute approximate surface area is 210 Å². The molecule has 1 aliphatic rings. The number of rotatable bonds is 7. The number of aromatic nitrogens is 2. The normalized spacial score (nSPS) is 14.1. The fraction of sp³-hybridized carbons (Fsp3) is 0.208. The third-order valence-corrected chi connectivity index (χ3v) is 6.56. The van der Waals surface area contributed by atoms with Crippen molar-refractivity contribution in [1.82, 2.24) is 15.3 Å². The molecule has 1 unspecified atom stereocenters. The Kier molecular flexibility index (Phi) is 6.87. The van der Waals surface area contributed by atoms with Gasteiger partial charge in [0.2, 0.25) is 0 Å². The lowest BCUT2D eigenvalue weighted by molar-refractivity contribution is 0.144. The molecule has 11 heteroatoms. The van der Waals surface area contributed by atoms with Gasteiger partial charge in [-0.2, -0.15) is 5.26 Å². The number of benzene rings is 1. The first-order valence-corrected chi connectivity index (χ1v) is 11.7. The molecular formula is C24H19ClN6O3S. The van der Waals surface area contributed by atoms with Crippen LogP contribution in [0.5, 0.6) is 0 Å². The van der Waals surface area contributed by atoms with Crippen molar-refractivity contribution in [3.05, 3.63) is 63.2 Å². The van der Waals surface area contributed by atoms with Crippen LogP contribution in [0.15, 0.2) is 41.9 Å². The van der Waals surface area contributed by atoms with Crippen molar-refractivity contribution in [3.8, 4) is 29.5 Å². The number of nitrogens with zero attached hydrogens (tertiary/aromatic N) is 3. The second-order valence-electron chi connectivity index (χ2n) is 7.80. The van der Waals surface area contributed by atoms with Crippen LogP contribution in [0.25, 0.3) is 11.1 Å². The molecule has 1 aromatic carbocycles. The van der Waals surface area contributed by atoms with Gasteiger partial charge in [-0.1, -0.05) is 29.8 Å². The van der Waals surface area contributed by atoms with Crippen LogP contribution in [-0.2, 0) is 10.2 Å². The molecule has 3 amide bonds. The molecule has 1 aliphatic carbocycles. The molecular weight excluding hydrogens is 488 g/mol. The Morgan fingerprint density at radius 3 is 2.77 bits per heavy atom. The third-order valence-electron chi connectivity index (χ3n) is 5.48. The highest BCUT2D eigenvalue weighted by molar-refractivity contribution is 7.10. The molecule has 0 spiro atoms. The minimum atomic E-state index is -0.982. The quantitative estimate of drug-likeness (QED) is 0.406. The van der Waals surface area contributed by atoms with Gasteiger partial charge < -0.3 is 15.8 Å². The van der Waals surface area contributed by atoms with Crippen molar-refractivity contribution < 1.29 is 14.3 Å². The zero-order chi connectivity index (χ0) is 25.0. The average molecular weight is 507 g/mol. The first-order chi connectivity index (χ1) is 16.8. The minimum Gasteiger partial charge on any atom is -0.447 e. The van der Waals surface area contributed by atoms with Crippen LogP contribution in [0.1, 0.15) is 35.1 Å². The van der Waals surface area contributed by atoms with Gasteiger partial charge in [-0.15, -0.1) is 17.8 Å². The summed E-state index contributed by atoms with van der Waals surface area (Å²) in [5.74, 6) is 2.68. The summed E-state index contributed by atoms with van der Waals surface area (Å²) in [5, 5.41) is 17.4. The van der Waals surface area contributed by atoms with Crippen molar-refractivity contribution in [1.29, 1.82) is 5.26 Å². The molecule has 2 aromatic heterocycles. The molecule has 1 fully saturated rings. The molecule has 0 bridgehead atoms. The minimum absolute atomic E-state index is 0.221. The number of carbonyl (C=O) groups is 2. The van der Waals surface area contributed by atoms with Crippen molar-refractivity contribution >= 4 is 40.9 Å². The number of nitrogens with one attached hydrogen (secondary N) is 2. The number of nitrogens with two attached hydrogens (primary N) is 1. The van der Waals surface area contributed by atoms with Crippen LogP contribution >= 0.6 is 22.9 Å². The van der Waals surface area contributed by atoms with Gasteiger partial charge in [0, 0.05) is 27.7 Å². The van der Waals surface area contributed by atoms with E-state index < -0.39 is 23.6 Å². The molecule has 2 heterocycles. The lowest BCUT2D eigenvalue weighted by atomic mass is 9.93. The summed E-state index contributed by atoms with van der Waals surface area (Å²) in [5.41, 5.74) is 7.26. The number of carbonyl (C=O) groups excluding carboxylic acids is 2. The SMILES string of the molecule is C#Cc1nc(NC(=O)NC(COC(N)=O)c2ccc(-c3cccnc3C3(C#N)CC3)c(Cl)c2)cs1. The summed E-state index contributed by atoms with van der Waals surface area (Å²) in [6.07, 6.45) is 7.48. The van der Waals surface area contributed by atoms with Gasteiger partial charge >= 0.3 is 12.1 Å². The smallest absolute Gasteiger partial charge is 0.404 e. The van der Waals surface area contributed by atoms with Crippen molar-refractivity contribution in [2.45, 2.75) is 24.3 Å². The van der Waals surface area contributed by atoms with Crippen LogP contribution < -0.4 is 16.4 Å². The average Bonchev–Trinajstić information content (AvgIpc) is 3.52. The van der Waals surface area contributed by atoms with Crippen LogP contribution in [0.4, 0.5) is 15.4 Å². The van der Waals surface area contributed by atoms with Crippen LogP contribution in [0.3, 0.4) is 0 Å². The monoisotopic (exact) mass is 506 g/mol. The second-order valence-corrected chi connectivity index (χ2v) is 9.06. The zero-order valence-corrected chi connectivity index (χ0v) is 19.8. The number of urea groups is 1. The Balaban J connectivity index is 1.59. The van der Waals surface area contributed by atoms with E-state index in [-0.39, 0.29) is 6.61 Å². The number of hydrogen-bond donors (Lipinski definition) is 3. The molecule has 0 saturated heterocycles. The summed E-state index contributed by atoms with van der Waals surface area (Å²) in [6.45, 7) is -0.221. The Bertz CT molecular complexity index is 1370. The predicted octanol–water partition coefficient (Wildman–Crippen LogP) is 4.35. The Morgan fingerprint density at radius 2 is 2.14 bits per heavy atom. The summed E-state index contributed by atoms with van der Waals surface area (Å²) in [7, 11) is 0. The summed E-state index contributed by atoms with van der Waals surface area (Å²) in [6, 6.07) is 9.87. The highest BCUT2D eigenvalue weighted by atomic mass is 35.5. The molecule has 0 radical (unpaired) electrons. The van der Waals surface area contributed by atoms with Gasteiger partial charge in [-0.3, -0.25) is 10.3 Å². The number of nitriles is 1. The summed E-state index contributed by atoms with van der Waals surface area (Å²) in [4.78, 5) is 32.3. The molecule has 1 saturated carbocycles. The van der Waals surface area contributed by atoms with Gasteiger partial charge in [0.25, 0.3) is 0 Å². The van der Waals surface area contributed by atoms with E-state index in [0.717, 1.165) is 18.4 Å². The van der Waals surface area contributed by atoms with E-state index in [2.05, 4.69) is 32.6 Å². The first kappa shape index (κ1) is 24.0. The number of amides is 3. The topological polar surface area (TPSA) is 143 Å². The molecule has 176 valence electrons. The maximum absolute atomic E-state index is 12.6. The van der Waals surface area contributed by atoms with E-state index >= 15 is 0 Å². The fourth-order valence-electron chi connectivity index (χ4n) is 3.59. The lowest BCUT2D eigenvalue weighted by Crippen LogP contribution is -2.36. The number of ether oxygens (including phenoxy) is 1. The van der Waals surface area contributed by atoms with E-state index in [1.54, 1.807) is 35.8 Å². The van der Waals surface area contributed by atoms with Crippen LogP contribution in [0, 0.1) is 23.7 Å². The van der Waals surface area contributed by atoms with Crippen molar-refractivity contribution in [2.75, 3.05) is 11.9 Å². The third kappa shape index (κ3) is 5.35. The van der Waals surface area contributed by atoms with E-state index in [1.807, 2.05) is 6.07 Å². The van der Waals surface area contributed by atoms with E-state index in [9.17, 15) is 14.9 Å². The number of anilines is 1. The standard InChI is InChI=1S/C24H19ClN6O3S/c1-2-20-30-19(12-35-20)31-23(33)29-18(11-34-22(27)32)14-5-6-15(17(25)10-14)16-4-3-9-28-21(16)24(13-26)7-8-24/h1,3-6,9-10,12,18H,7-8,11H2,(H2,27,32)(H2,29,31,33). The number of pyridine rings is 1. The zero-order valence-electron chi connectivity index (χ0n) is 18.2. The van der Waals surface area contributed by atoms with E-state index in [1.165, 1.54) is 11.3 Å². The van der Waals surface area contributed by atoms with Gasteiger partial charge in [0.05, 0.1) is 17.8 Å². The van der Waals surface area contributed by atoms with Gasteiger partial charge in [0.15, 0.2) is 5.01 Å². The first-order valence-electron chi connectivity index (χ1n) is 10.4. The number of hydrogen-bond acceptors (Lipinski definition) is 7. The maximum Gasteiger partial charge on any atom is 0.404 e. The highest BCUT2D eigenvalue weighted by Gasteiger charge is 2.47. The second kappa shape index (κ2) is 10.0. The number of halogens is 1. The summed E-state index contributed by atoms with van der Waals surface area (Å²) < 4.78 is 4.94. The molecule has 3 aromatic rings. The molecule has 35 heavy (non-hydrogen) atoms. The largest absolute Gasteiger partial charge is 0.447 e. The van der Waals surface area contributed by atoms with Crippen LogP contribution in [0.2, 0.25) is 5.02 Å². The molecule has 0 aliphatic heterocycles. The molecule has 4 N–H and O–H groups in total. The molecule has 1 atom stereocenters. The van der Waals surface area contributed by atoms with E-state index in [4.69, 9.17) is 28.5 Å². The number of terminal acetylenes is 1. The predicted molar refractivity (Wildman–Crippen MR) is 132 cm³/mol. The van der Waals surface area contributed by atoms with Gasteiger partial charge in [0.1, 0.15) is 17.8 Å². The van der Waals surface area contributed by atoms with Gasteiger partial charge in [-0.05, 0) is 36.5 Å². The Hall–Kier alpha value is -4.12. The number of thiazole rings is 1. The van der Waals surface area contributed by atoms with Crippen molar-refractivity contribution in [2.24, 2.45) is 5.73 Å². The van der Waals surface area contributed by atoms with Gasteiger partial charge in [-0.25, -0.2) is 14.6 Å². The van der Waals surface area contributed by atoms with Crippen LogP contribution in [-0.4, -0.2) is 28.7 Å². The van der Waals surface area contributed by atoms with Crippen molar-refractivity contribution in [3.63, 3.8) is 0 Å². The molecule has 4 rings (SSSR count). The Morgan fingerprint density at radius 1 is 1.34 bits per heavy atom. The number of primary amides is 1. The molecule has 9 nitrogen and oxygen atoms in total. The summed E-state index contributed by atoms with van der Waals surface area (Å²) >= 11 is 7.86. The highest BCUT2D eigenvalue weighted by Crippen LogP contribution is 2.50. The lowest BCUT2D eigenvalue weighted by Gasteiger charge is -2.20. The fourth-order valence-corrected chi connectivity index (χ4v) is 4.44. The van der Waals surface area contributed by atoms with E-state index in [0.29, 0.717) is 32.7 Å². The maximum atomic E-state index is 12.6.